The molecule has 0 aliphatic carbocycles. The molecular weight excluding hydrogens is 387 g/mol. The fourth-order valence-corrected chi connectivity index (χ4v) is 2.88. The second-order valence-corrected chi connectivity index (χ2v) is 6.80. The second kappa shape index (κ2) is 7.78. The summed E-state index contributed by atoms with van der Waals surface area (Å²) in [6.45, 7) is 3.97. The molecule has 0 radical (unpaired) electrons. The molecule has 30 heavy (non-hydrogen) atoms. The van der Waals surface area contributed by atoms with E-state index < -0.39 is 11.7 Å². The number of hydrogen-bond acceptors (Lipinski definition) is 6. The average Bonchev–Trinajstić information content (AvgIpc) is 3.27. The SMILES string of the molecule is Cc1ccc(-c2nc(Cn3nnc(C(=O)Nc4ccccc4F)c3N)c(C)o2)cc1. The minimum absolute atomic E-state index is 0.0338. The molecule has 0 saturated carbocycles. The molecule has 4 aromatic rings. The zero-order chi connectivity index (χ0) is 21.3. The van der Waals surface area contributed by atoms with E-state index >= 15 is 0 Å². The van der Waals surface area contributed by atoms with Crippen molar-refractivity contribution in [3.63, 3.8) is 0 Å². The lowest BCUT2D eigenvalue weighted by Gasteiger charge is -2.05. The molecule has 8 nitrogen and oxygen atoms in total. The van der Waals surface area contributed by atoms with E-state index in [4.69, 9.17) is 10.2 Å². The monoisotopic (exact) mass is 406 g/mol. The Morgan fingerprint density at radius 1 is 1.17 bits per heavy atom. The van der Waals surface area contributed by atoms with E-state index in [1.54, 1.807) is 13.0 Å². The van der Waals surface area contributed by atoms with E-state index in [-0.39, 0.29) is 23.7 Å². The second-order valence-electron chi connectivity index (χ2n) is 6.80. The van der Waals surface area contributed by atoms with Gasteiger partial charge >= 0.3 is 0 Å². The molecule has 0 atom stereocenters. The lowest BCUT2D eigenvalue weighted by atomic mass is 10.1. The number of nitrogen functional groups attached to an aromatic ring is 1. The molecule has 0 bridgehead atoms. The van der Waals surface area contributed by atoms with Crippen LogP contribution in [-0.4, -0.2) is 25.9 Å². The minimum atomic E-state index is -0.652. The Kier molecular flexibility index (Phi) is 5.01. The van der Waals surface area contributed by atoms with Crippen LogP contribution in [0.4, 0.5) is 15.9 Å². The van der Waals surface area contributed by atoms with Crippen molar-refractivity contribution in [1.82, 2.24) is 20.0 Å². The van der Waals surface area contributed by atoms with Crippen molar-refractivity contribution < 1.29 is 13.6 Å². The van der Waals surface area contributed by atoms with E-state index in [1.807, 2.05) is 31.2 Å². The maximum absolute atomic E-state index is 13.8. The number of nitrogens with zero attached hydrogens (tertiary/aromatic N) is 4. The fraction of sp³-hybridized carbons (Fsp3) is 0.143. The van der Waals surface area contributed by atoms with Gasteiger partial charge < -0.3 is 15.5 Å². The third-order valence-electron chi connectivity index (χ3n) is 4.60. The number of para-hydroxylation sites is 1. The topological polar surface area (TPSA) is 112 Å². The predicted octanol–water partition coefficient (Wildman–Crippen LogP) is 3.57. The summed E-state index contributed by atoms with van der Waals surface area (Å²) in [7, 11) is 0. The number of rotatable bonds is 5. The molecule has 152 valence electrons. The Hall–Kier alpha value is -4.01. The largest absolute Gasteiger partial charge is 0.441 e. The van der Waals surface area contributed by atoms with Crippen LogP contribution in [0.3, 0.4) is 0 Å². The normalized spacial score (nSPS) is 10.9. The highest BCUT2D eigenvalue weighted by Gasteiger charge is 2.20. The summed E-state index contributed by atoms with van der Waals surface area (Å²) in [6.07, 6.45) is 0. The van der Waals surface area contributed by atoms with Crippen LogP contribution in [0.15, 0.2) is 52.9 Å². The van der Waals surface area contributed by atoms with E-state index in [0.717, 1.165) is 11.1 Å². The van der Waals surface area contributed by atoms with Gasteiger partial charge in [0.25, 0.3) is 5.91 Å². The molecule has 3 N–H and O–H groups in total. The number of oxazole rings is 1. The van der Waals surface area contributed by atoms with Crippen molar-refractivity contribution in [2.45, 2.75) is 20.4 Å². The first-order chi connectivity index (χ1) is 14.4. The van der Waals surface area contributed by atoms with E-state index in [9.17, 15) is 9.18 Å². The van der Waals surface area contributed by atoms with Crippen LogP contribution < -0.4 is 11.1 Å². The van der Waals surface area contributed by atoms with Gasteiger partial charge in [-0.25, -0.2) is 14.1 Å². The van der Waals surface area contributed by atoms with Gasteiger partial charge in [0.1, 0.15) is 17.3 Å². The molecule has 1 amide bonds. The molecule has 0 spiro atoms. The number of aryl methyl sites for hydroxylation is 2. The summed E-state index contributed by atoms with van der Waals surface area (Å²) < 4.78 is 20.9. The fourth-order valence-electron chi connectivity index (χ4n) is 2.88. The van der Waals surface area contributed by atoms with Crippen LogP contribution in [0, 0.1) is 19.7 Å². The molecule has 4 rings (SSSR count). The summed E-state index contributed by atoms with van der Waals surface area (Å²) in [4.78, 5) is 16.9. The van der Waals surface area contributed by atoms with E-state index in [1.165, 1.54) is 22.9 Å². The number of aromatic nitrogens is 4. The van der Waals surface area contributed by atoms with Crippen LogP contribution in [0.1, 0.15) is 27.5 Å². The summed E-state index contributed by atoms with van der Waals surface area (Å²) >= 11 is 0. The van der Waals surface area contributed by atoms with Gasteiger partial charge in [-0.3, -0.25) is 4.79 Å². The third kappa shape index (κ3) is 3.77. The number of nitrogens with one attached hydrogen (secondary N) is 1. The average molecular weight is 406 g/mol. The zero-order valence-corrected chi connectivity index (χ0v) is 16.4. The van der Waals surface area contributed by atoms with Crippen LogP contribution >= 0.6 is 0 Å². The standard InChI is InChI=1S/C21H19FN6O2/c1-12-7-9-14(10-8-12)21-25-17(13(2)30-21)11-28-19(23)18(26-27-28)20(29)24-16-6-4-3-5-15(16)22/h3-10H,11,23H2,1-2H3,(H,24,29). The number of halogens is 1. The molecular formula is C21H19FN6O2. The molecule has 0 aliphatic heterocycles. The summed E-state index contributed by atoms with van der Waals surface area (Å²) in [5, 5.41) is 10.2. The first kappa shape index (κ1) is 19.3. The van der Waals surface area contributed by atoms with Crippen LogP contribution in [0.2, 0.25) is 0 Å². The summed E-state index contributed by atoms with van der Waals surface area (Å²) in [5.74, 6) is -0.0700. The van der Waals surface area contributed by atoms with Gasteiger partial charge in [-0.15, -0.1) is 5.10 Å². The van der Waals surface area contributed by atoms with Crippen molar-refractivity contribution in [2.75, 3.05) is 11.1 Å². The first-order valence-corrected chi connectivity index (χ1v) is 9.20. The van der Waals surface area contributed by atoms with Gasteiger partial charge in [-0.1, -0.05) is 35.0 Å². The van der Waals surface area contributed by atoms with Gasteiger partial charge in [0.15, 0.2) is 11.5 Å². The number of carbonyl (C=O) groups excluding carboxylic acids is 1. The van der Waals surface area contributed by atoms with Gasteiger partial charge in [-0.05, 0) is 38.1 Å². The quantitative estimate of drug-likeness (QED) is 0.524. The first-order valence-electron chi connectivity index (χ1n) is 9.20. The highest BCUT2D eigenvalue weighted by atomic mass is 19.1. The van der Waals surface area contributed by atoms with E-state index in [2.05, 4.69) is 20.6 Å². The molecule has 2 heterocycles. The van der Waals surface area contributed by atoms with Gasteiger partial charge in [-0.2, -0.15) is 0 Å². The number of nitrogens with two attached hydrogens (primary N) is 1. The van der Waals surface area contributed by atoms with Crippen molar-refractivity contribution in [3.05, 3.63) is 77.1 Å². The van der Waals surface area contributed by atoms with Crippen LogP contribution in [0.5, 0.6) is 0 Å². The van der Waals surface area contributed by atoms with Crippen molar-refractivity contribution in [3.8, 4) is 11.5 Å². The Morgan fingerprint density at radius 2 is 1.90 bits per heavy atom. The number of hydrogen-bond donors (Lipinski definition) is 2. The Labute approximate surface area is 171 Å². The molecule has 0 unspecified atom stereocenters. The predicted molar refractivity (Wildman–Crippen MR) is 109 cm³/mol. The summed E-state index contributed by atoms with van der Waals surface area (Å²) in [5.41, 5.74) is 8.59. The highest BCUT2D eigenvalue weighted by Crippen LogP contribution is 2.23. The lowest BCUT2D eigenvalue weighted by molar-refractivity contribution is 0.102. The lowest BCUT2D eigenvalue weighted by Crippen LogP contribution is -2.16. The minimum Gasteiger partial charge on any atom is -0.441 e. The van der Waals surface area contributed by atoms with Crippen LogP contribution in [-0.2, 0) is 6.54 Å². The Morgan fingerprint density at radius 3 is 2.63 bits per heavy atom. The number of carbonyl (C=O) groups is 1. The molecule has 0 saturated heterocycles. The molecule has 0 fully saturated rings. The van der Waals surface area contributed by atoms with Crippen molar-refractivity contribution >= 4 is 17.4 Å². The third-order valence-corrected chi connectivity index (χ3v) is 4.60. The Bertz CT molecular complexity index is 1210. The summed E-state index contributed by atoms with van der Waals surface area (Å²) in [6, 6.07) is 13.6. The molecule has 9 heteroatoms. The molecule has 0 aliphatic rings. The number of amides is 1. The van der Waals surface area contributed by atoms with Gasteiger partial charge in [0.05, 0.1) is 12.2 Å². The number of anilines is 2. The van der Waals surface area contributed by atoms with Gasteiger partial charge in [0.2, 0.25) is 5.89 Å². The smallest absolute Gasteiger partial charge is 0.280 e. The Balaban J connectivity index is 1.54. The molecule has 2 aromatic heterocycles. The van der Waals surface area contributed by atoms with Gasteiger partial charge in [0, 0.05) is 5.56 Å². The zero-order valence-electron chi connectivity index (χ0n) is 16.4. The maximum atomic E-state index is 13.8. The van der Waals surface area contributed by atoms with Crippen molar-refractivity contribution in [2.24, 2.45) is 0 Å². The van der Waals surface area contributed by atoms with Crippen molar-refractivity contribution in [1.29, 1.82) is 0 Å². The highest BCUT2D eigenvalue weighted by molar-refractivity contribution is 6.05. The maximum Gasteiger partial charge on any atom is 0.280 e. The molecule has 2 aromatic carbocycles. The number of benzene rings is 2. The van der Waals surface area contributed by atoms with Crippen LogP contribution in [0.25, 0.3) is 11.5 Å². The van der Waals surface area contributed by atoms with E-state index in [0.29, 0.717) is 17.3 Å².